The predicted molar refractivity (Wildman–Crippen MR) is 60.2 cm³/mol. The number of hydrogen-bond acceptors (Lipinski definition) is 4. The number of rotatable bonds is 4. The van der Waals surface area contributed by atoms with Gasteiger partial charge in [0.1, 0.15) is 0 Å². The van der Waals surface area contributed by atoms with Crippen LogP contribution >= 0.6 is 0 Å². The van der Waals surface area contributed by atoms with Crippen LogP contribution in [0.25, 0.3) is 0 Å². The Morgan fingerprint density at radius 1 is 1.38 bits per heavy atom. The van der Waals surface area contributed by atoms with E-state index in [0.29, 0.717) is 11.3 Å². The molecular weight excluding hydrogens is 228 g/mol. The summed E-state index contributed by atoms with van der Waals surface area (Å²) in [4.78, 5) is 0. The third-order valence-corrected chi connectivity index (χ3v) is 3.63. The van der Waals surface area contributed by atoms with Crippen molar-refractivity contribution in [2.45, 2.75) is 12.4 Å². The van der Waals surface area contributed by atoms with Crippen LogP contribution in [0.2, 0.25) is 0 Å². The van der Waals surface area contributed by atoms with Gasteiger partial charge in [0.15, 0.2) is 5.44 Å². The van der Waals surface area contributed by atoms with Crippen LogP contribution in [0.5, 0.6) is 0 Å². The molecule has 6 heteroatoms. The molecule has 0 saturated carbocycles. The first kappa shape index (κ1) is 12.5. The topological polar surface area (TPSA) is 79.2 Å². The normalized spacial score (nSPS) is 12.8. The molecule has 0 saturated heterocycles. The smallest absolute Gasteiger partial charge is 0.259 e. The minimum absolute atomic E-state index is 0.405. The molecular formula is C10H12N2O3S. The van der Waals surface area contributed by atoms with Crippen LogP contribution in [0.1, 0.15) is 12.5 Å². The van der Waals surface area contributed by atoms with Crippen molar-refractivity contribution in [2.75, 3.05) is 11.8 Å². The van der Waals surface area contributed by atoms with Gasteiger partial charge in [-0.1, -0.05) is 0 Å². The first-order valence-corrected chi connectivity index (χ1v) is 6.09. The maximum atomic E-state index is 11.6. The van der Waals surface area contributed by atoms with Crippen LogP contribution in [0.15, 0.2) is 24.3 Å². The fraction of sp³-hybridized carbons (Fsp3) is 0.300. The SMILES string of the molecule is COC(C)S(=O)(=O)Nc1ccc(C#N)cc1. The molecule has 1 rings (SSSR count). The third kappa shape index (κ3) is 2.95. The maximum Gasteiger partial charge on any atom is 0.259 e. The van der Waals surface area contributed by atoms with E-state index in [2.05, 4.69) is 4.72 Å². The van der Waals surface area contributed by atoms with E-state index < -0.39 is 15.5 Å². The Hall–Kier alpha value is -1.58. The van der Waals surface area contributed by atoms with Crippen molar-refractivity contribution in [1.29, 1.82) is 5.26 Å². The number of methoxy groups -OCH3 is 1. The summed E-state index contributed by atoms with van der Waals surface area (Å²) in [6.07, 6.45) is 0. The number of ether oxygens (including phenoxy) is 1. The van der Waals surface area contributed by atoms with Crippen LogP contribution in [0.4, 0.5) is 5.69 Å². The Labute approximate surface area is 94.7 Å². The standard InChI is InChI=1S/C10H12N2O3S/c1-8(15-2)16(13,14)12-10-5-3-9(7-11)4-6-10/h3-6,8,12H,1-2H3. The summed E-state index contributed by atoms with van der Waals surface area (Å²) in [6, 6.07) is 8.08. The molecule has 16 heavy (non-hydrogen) atoms. The second-order valence-electron chi connectivity index (χ2n) is 3.14. The van der Waals surface area contributed by atoms with E-state index in [4.69, 9.17) is 10.00 Å². The highest BCUT2D eigenvalue weighted by atomic mass is 32.2. The number of anilines is 1. The van der Waals surface area contributed by atoms with E-state index in [1.807, 2.05) is 6.07 Å². The van der Waals surface area contributed by atoms with Gasteiger partial charge in [-0.2, -0.15) is 5.26 Å². The third-order valence-electron chi connectivity index (χ3n) is 2.04. The van der Waals surface area contributed by atoms with Gasteiger partial charge in [-0.3, -0.25) is 4.72 Å². The number of sulfonamides is 1. The van der Waals surface area contributed by atoms with Crippen LogP contribution < -0.4 is 4.72 Å². The first-order chi connectivity index (χ1) is 7.49. The molecule has 0 amide bonds. The van der Waals surface area contributed by atoms with Crippen molar-refractivity contribution >= 4 is 15.7 Å². The highest BCUT2D eigenvalue weighted by Crippen LogP contribution is 2.13. The summed E-state index contributed by atoms with van der Waals surface area (Å²) in [5, 5.41) is 8.58. The minimum atomic E-state index is -3.54. The van der Waals surface area contributed by atoms with E-state index in [9.17, 15) is 8.42 Å². The first-order valence-electron chi connectivity index (χ1n) is 4.54. The second-order valence-corrected chi connectivity index (χ2v) is 5.10. The number of hydrogen-bond donors (Lipinski definition) is 1. The zero-order chi connectivity index (χ0) is 12.2. The van der Waals surface area contributed by atoms with Gasteiger partial charge in [-0.15, -0.1) is 0 Å². The van der Waals surface area contributed by atoms with Crippen LogP contribution in [-0.4, -0.2) is 21.0 Å². The minimum Gasteiger partial charge on any atom is -0.364 e. The number of nitrogens with zero attached hydrogens (tertiary/aromatic N) is 1. The lowest BCUT2D eigenvalue weighted by Gasteiger charge is -2.12. The molecule has 0 aliphatic heterocycles. The molecule has 1 aromatic carbocycles. The molecule has 0 aromatic heterocycles. The van der Waals surface area contributed by atoms with E-state index >= 15 is 0 Å². The lowest BCUT2D eigenvalue weighted by Crippen LogP contribution is -2.26. The molecule has 1 aromatic rings. The molecule has 0 radical (unpaired) electrons. The molecule has 0 bridgehead atoms. The van der Waals surface area contributed by atoms with Gasteiger partial charge in [0, 0.05) is 12.8 Å². The molecule has 1 atom stereocenters. The molecule has 0 aliphatic carbocycles. The summed E-state index contributed by atoms with van der Waals surface area (Å²) in [5.74, 6) is 0. The zero-order valence-electron chi connectivity index (χ0n) is 8.97. The van der Waals surface area contributed by atoms with Gasteiger partial charge >= 0.3 is 0 Å². The van der Waals surface area contributed by atoms with Gasteiger partial charge in [0.2, 0.25) is 0 Å². The Bertz CT molecular complexity index is 488. The molecule has 0 spiro atoms. The van der Waals surface area contributed by atoms with Crippen molar-refractivity contribution in [3.05, 3.63) is 29.8 Å². The monoisotopic (exact) mass is 240 g/mol. The lowest BCUT2D eigenvalue weighted by atomic mass is 10.2. The average Bonchev–Trinajstić information content (AvgIpc) is 2.28. The highest BCUT2D eigenvalue weighted by Gasteiger charge is 2.19. The Morgan fingerprint density at radius 2 is 1.94 bits per heavy atom. The number of nitrogens with one attached hydrogen (secondary N) is 1. The van der Waals surface area contributed by atoms with Crippen LogP contribution in [0.3, 0.4) is 0 Å². The van der Waals surface area contributed by atoms with Crippen molar-refractivity contribution in [3.63, 3.8) is 0 Å². The Kier molecular flexibility index (Phi) is 3.88. The van der Waals surface area contributed by atoms with Gasteiger partial charge in [0.25, 0.3) is 10.0 Å². The van der Waals surface area contributed by atoms with Crippen LogP contribution in [0, 0.1) is 11.3 Å². The molecule has 86 valence electrons. The van der Waals surface area contributed by atoms with Crippen LogP contribution in [-0.2, 0) is 14.8 Å². The summed E-state index contributed by atoms with van der Waals surface area (Å²) >= 11 is 0. The van der Waals surface area contributed by atoms with Crippen molar-refractivity contribution in [1.82, 2.24) is 0 Å². The molecule has 1 N–H and O–H groups in total. The van der Waals surface area contributed by atoms with Gasteiger partial charge in [-0.25, -0.2) is 8.42 Å². The van der Waals surface area contributed by atoms with Gasteiger partial charge in [-0.05, 0) is 31.2 Å². The molecule has 0 fully saturated rings. The molecule has 0 aliphatic rings. The fourth-order valence-corrected chi connectivity index (χ4v) is 1.87. The van der Waals surface area contributed by atoms with Gasteiger partial charge < -0.3 is 4.74 Å². The highest BCUT2D eigenvalue weighted by molar-refractivity contribution is 7.93. The lowest BCUT2D eigenvalue weighted by molar-refractivity contribution is 0.178. The molecule has 5 nitrogen and oxygen atoms in total. The summed E-state index contributed by atoms with van der Waals surface area (Å²) in [5.41, 5.74) is -0.0474. The van der Waals surface area contributed by atoms with Crippen molar-refractivity contribution < 1.29 is 13.2 Å². The van der Waals surface area contributed by atoms with Gasteiger partial charge in [0.05, 0.1) is 11.6 Å². The summed E-state index contributed by atoms with van der Waals surface area (Å²) in [6.45, 7) is 1.44. The largest absolute Gasteiger partial charge is 0.364 e. The van der Waals surface area contributed by atoms with E-state index in [0.717, 1.165) is 0 Å². The van der Waals surface area contributed by atoms with Crippen molar-refractivity contribution in [2.24, 2.45) is 0 Å². The predicted octanol–water partition coefficient (Wildman–Crippen LogP) is 1.29. The Balaban J connectivity index is 2.85. The maximum absolute atomic E-state index is 11.6. The van der Waals surface area contributed by atoms with E-state index in [1.54, 1.807) is 0 Å². The Morgan fingerprint density at radius 3 is 2.38 bits per heavy atom. The van der Waals surface area contributed by atoms with Crippen molar-refractivity contribution in [3.8, 4) is 6.07 Å². The molecule has 1 unspecified atom stereocenters. The van der Waals surface area contributed by atoms with E-state index in [1.165, 1.54) is 38.3 Å². The zero-order valence-corrected chi connectivity index (χ0v) is 9.78. The summed E-state index contributed by atoms with van der Waals surface area (Å²) in [7, 11) is -2.22. The number of nitriles is 1. The van der Waals surface area contributed by atoms with E-state index in [-0.39, 0.29) is 0 Å². The molecule has 0 heterocycles. The average molecular weight is 240 g/mol. The quantitative estimate of drug-likeness (QED) is 0.860. The second kappa shape index (κ2) is 4.96. The fourth-order valence-electron chi connectivity index (χ4n) is 0.987. The number of benzene rings is 1. The summed E-state index contributed by atoms with van der Waals surface area (Å²) < 4.78 is 30.3.